The van der Waals surface area contributed by atoms with Crippen molar-refractivity contribution < 1.29 is 14.3 Å². The second kappa shape index (κ2) is 4.78. The average molecular weight is 198 g/mol. The van der Waals surface area contributed by atoms with Crippen LogP contribution in [-0.4, -0.2) is 23.7 Å². The molecule has 1 heterocycles. The summed E-state index contributed by atoms with van der Waals surface area (Å²) < 4.78 is 5.12. The molecule has 0 aliphatic carbocycles. The molecule has 1 amide bonds. The number of nitrogens with one attached hydrogen (secondary N) is 1. The second-order valence-electron chi connectivity index (χ2n) is 3.03. The van der Waals surface area contributed by atoms with Crippen LogP contribution in [0, 0.1) is 0 Å². The third-order valence-electron chi connectivity index (χ3n) is 1.74. The Balaban J connectivity index is 2.60. The number of carbonyl (C=O) groups is 1. The first-order valence-corrected chi connectivity index (χ1v) is 4.38. The number of carbonyl (C=O) groups excluding carboxylic acids is 1. The molecule has 0 fully saturated rings. The molecule has 1 aromatic rings. The normalized spacial score (nSPS) is 12.5. The highest BCUT2D eigenvalue weighted by atomic mass is 16.4. The lowest BCUT2D eigenvalue weighted by Crippen LogP contribution is -2.34. The Morgan fingerprint density at radius 2 is 2.43 bits per heavy atom. The molecule has 0 bridgehead atoms. The summed E-state index contributed by atoms with van der Waals surface area (Å²) in [5.41, 5.74) is 5.33. The molecule has 0 radical (unpaired) electrons. The van der Waals surface area contributed by atoms with Gasteiger partial charge in [-0.1, -0.05) is 0 Å². The van der Waals surface area contributed by atoms with Crippen LogP contribution in [0.25, 0.3) is 0 Å². The van der Waals surface area contributed by atoms with Crippen molar-refractivity contribution in [3.05, 3.63) is 23.7 Å². The molecule has 4 N–H and O–H groups in total. The Bertz CT molecular complexity index is 309. The number of aliphatic hydroxyl groups excluding tert-OH is 1. The van der Waals surface area contributed by atoms with Gasteiger partial charge in [0.25, 0.3) is 5.91 Å². The fourth-order valence-electron chi connectivity index (χ4n) is 0.950. The minimum absolute atomic E-state index is 0.101. The molecule has 1 rings (SSSR count). The van der Waals surface area contributed by atoms with Gasteiger partial charge < -0.3 is 20.6 Å². The minimum Gasteiger partial charge on any atom is -0.455 e. The monoisotopic (exact) mass is 198 g/mol. The van der Waals surface area contributed by atoms with Crippen molar-refractivity contribution in [1.29, 1.82) is 0 Å². The molecule has 0 unspecified atom stereocenters. The number of amides is 1. The van der Waals surface area contributed by atoms with E-state index >= 15 is 0 Å². The summed E-state index contributed by atoms with van der Waals surface area (Å²) in [6.45, 7) is 1.86. The van der Waals surface area contributed by atoms with E-state index in [0.717, 1.165) is 0 Å². The van der Waals surface area contributed by atoms with Gasteiger partial charge in [-0.3, -0.25) is 4.79 Å². The van der Waals surface area contributed by atoms with Gasteiger partial charge in [0.15, 0.2) is 5.76 Å². The predicted molar refractivity (Wildman–Crippen MR) is 50.6 cm³/mol. The van der Waals surface area contributed by atoms with Crippen molar-refractivity contribution in [2.24, 2.45) is 5.73 Å². The first-order chi connectivity index (χ1) is 6.67. The van der Waals surface area contributed by atoms with Gasteiger partial charge in [0.1, 0.15) is 5.76 Å². The minimum atomic E-state index is -0.341. The number of hydrogen-bond acceptors (Lipinski definition) is 4. The van der Waals surface area contributed by atoms with Crippen molar-refractivity contribution in [3.8, 4) is 0 Å². The van der Waals surface area contributed by atoms with Crippen molar-refractivity contribution in [2.45, 2.75) is 19.5 Å². The molecule has 14 heavy (non-hydrogen) atoms. The molecule has 5 heteroatoms. The van der Waals surface area contributed by atoms with Crippen LogP contribution in [0.1, 0.15) is 23.2 Å². The van der Waals surface area contributed by atoms with Crippen molar-refractivity contribution >= 4 is 5.91 Å². The third-order valence-corrected chi connectivity index (χ3v) is 1.74. The highest BCUT2D eigenvalue weighted by Crippen LogP contribution is 2.06. The maximum Gasteiger partial charge on any atom is 0.287 e. The zero-order valence-corrected chi connectivity index (χ0v) is 7.99. The molecule has 0 saturated heterocycles. The highest BCUT2D eigenvalue weighted by molar-refractivity contribution is 5.91. The standard InChI is InChI=1S/C9H14N2O3/c1-6(5-12)11-9(13)8-3-2-7(4-10)14-8/h2-3,6,12H,4-5,10H2,1H3,(H,11,13)/t6-/m0/s1. The molecule has 0 spiro atoms. The average Bonchev–Trinajstić information content (AvgIpc) is 2.65. The van der Waals surface area contributed by atoms with Gasteiger partial charge in [-0.05, 0) is 19.1 Å². The van der Waals surface area contributed by atoms with Crippen LogP contribution in [-0.2, 0) is 6.54 Å². The first kappa shape index (κ1) is 10.7. The molecule has 0 aromatic carbocycles. The summed E-state index contributed by atoms with van der Waals surface area (Å²) in [7, 11) is 0. The lowest BCUT2D eigenvalue weighted by molar-refractivity contribution is 0.0892. The van der Waals surface area contributed by atoms with Crippen molar-refractivity contribution in [3.63, 3.8) is 0 Å². The Morgan fingerprint density at radius 1 is 1.71 bits per heavy atom. The second-order valence-corrected chi connectivity index (χ2v) is 3.03. The van der Waals surface area contributed by atoms with Gasteiger partial charge >= 0.3 is 0 Å². The Labute approximate surface area is 81.9 Å². The summed E-state index contributed by atoms with van der Waals surface area (Å²) in [6.07, 6.45) is 0. The molecule has 5 nitrogen and oxygen atoms in total. The van der Waals surface area contributed by atoms with E-state index in [-0.39, 0.29) is 30.9 Å². The Morgan fingerprint density at radius 3 is 2.93 bits per heavy atom. The fourth-order valence-corrected chi connectivity index (χ4v) is 0.950. The van der Waals surface area contributed by atoms with Crippen LogP contribution in [0.15, 0.2) is 16.5 Å². The summed E-state index contributed by atoms with van der Waals surface area (Å²) in [5.74, 6) is 0.434. The topological polar surface area (TPSA) is 88.5 Å². The highest BCUT2D eigenvalue weighted by Gasteiger charge is 2.12. The van der Waals surface area contributed by atoms with E-state index in [4.69, 9.17) is 15.3 Å². The number of nitrogens with two attached hydrogens (primary N) is 1. The fraction of sp³-hybridized carbons (Fsp3) is 0.444. The Hall–Kier alpha value is -1.33. The molecule has 1 atom stereocenters. The van der Waals surface area contributed by atoms with E-state index in [1.54, 1.807) is 19.1 Å². The smallest absolute Gasteiger partial charge is 0.287 e. The van der Waals surface area contributed by atoms with Gasteiger partial charge in [-0.25, -0.2) is 0 Å². The van der Waals surface area contributed by atoms with Crippen LogP contribution in [0.2, 0.25) is 0 Å². The number of furan rings is 1. The molecular formula is C9H14N2O3. The molecule has 1 aromatic heterocycles. The quantitative estimate of drug-likeness (QED) is 0.627. The Kier molecular flexibility index (Phi) is 3.67. The van der Waals surface area contributed by atoms with Crippen LogP contribution in [0.4, 0.5) is 0 Å². The van der Waals surface area contributed by atoms with Gasteiger partial charge in [-0.15, -0.1) is 0 Å². The van der Waals surface area contributed by atoms with E-state index in [1.165, 1.54) is 0 Å². The van der Waals surface area contributed by atoms with Gasteiger partial charge in [0.05, 0.1) is 13.2 Å². The van der Waals surface area contributed by atoms with E-state index in [2.05, 4.69) is 5.32 Å². The lowest BCUT2D eigenvalue weighted by atomic mass is 10.3. The van der Waals surface area contributed by atoms with E-state index in [9.17, 15) is 4.79 Å². The first-order valence-electron chi connectivity index (χ1n) is 4.38. The predicted octanol–water partition coefficient (Wildman–Crippen LogP) is -0.151. The maximum atomic E-state index is 11.4. The lowest BCUT2D eigenvalue weighted by Gasteiger charge is -2.08. The van der Waals surface area contributed by atoms with Crippen LogP contribution < -0.4 is 11.1 Å². The summed E-state index contributed by atoms with van der Waals surface area (Å²) in [4.78, 5) is 11.4. The van der Waals surface area contributed by atoms with Gasteiger partial charge in [0.2, 0.25) is 0 Å². The van der Waals surface area contributed by atoms with Crippen molar-refractivity contribution in [2.75, 3.05) is 6.61 Å². The summed E-state index contributed by atoms with van der Waals surface area (Å²) in [6, 6.07) is 2.93. The van der Waals surface area contributed by atoms with E-state index in [1.807, 2.05) is 0 Å². The largest absolute Gasteiger partial charge is 0.455 e. The van der Waals surface area contributed by atoms with Gasteiger partial charge in [-0.2, -0.15) is 0 Å². The maximum absolute atomic E-state index is 11.4. The van der Waals surface area contributed by atoms with Gasteiger partial charge in [0, 0.05) is 6.04 Å². The zero-order valence-electron chi connectivity index (χ0n) is 7.99. The van der Waals surface area contributed by atoms with Crippen LogP contribution in [0.3, 0.4) is 0 Å². The van der Waals surface area contributed by atoms with E-state index in [0.29, 0.717) is 5.76 Å². The molecule has 0 saturated carbocycles. The molecule has 0 aliphatic rings. The number of hydrogen-bond donors (Lipinski definition) is 3. The van der Waals surface area contributed by atoms with Crippen LogP contribution in [0.5, 0.6) is 0 Å². The van der Waals surface area contributed by atoms with Crippen molar-refractivity contribution in [1.82, 2.24) is 5.32 Å². The third kappa shape index (κ3) is 2.58. The number of rotatable bonds is 4. The summed E-state index contributed by atoms with van der Waals surface area (Å²) in [5, 5.41) is 11.3. The molecule has 0 aliphatic heterocycles. The SMILES string of the molecule is C[C@@H](CO)NC(=O)c1ccc(CN)o1. The molecular weight excluding hydrogens is 184 g/mol. The molecule has 78 valence electrons. The number of aliphatic hydroxyl groups is 1. The van der Waals surface area contributed by atoms with Crippen LogP contribution >= 0.6 is 0 Å². The summed E-state index contributed by atoms with van der Waals surface area (Å²) >= 11 is 0. The van der Waals surface area contributed by atoms with E-state index < -0.39 is 0 Å². The zero-order chi connectivity index (χ0) is 10.6.